The summed E-state index contributed by atoms with van der Waals surface area (Å²) in [6.45, 7) is 6.19. The number of rotatable bonds is 5. The number of nitrogens with zero attached hydrogens (tertiary/aromatic N) is 1. The van der Waals surface area contributed by atoms with E-state index in [1.165, 1.54) is 12.8 Å². The predicted molar refractivity (Wildman–Crippen MR) is 96.6 cm³/mol. The van der Waals surface area contributed by atoms with Crippen LogP contribution in [0.5, 0.6) is 0 Å². The van der Waals surface area contributed by atoms with E-state index < -0.39 is 0 Å². The Hall–Kier alpha value is -1.39. The molecule has 0 radical (unpaired) electrons. The smallest absolute Gasteiger partial charge is 0.253 e. The van der Waals surface area contributed by atoms with E-state index in [0.29, 0.717) is 0 Å². The molecule has 1 spiro atoms. The Labute approximate surface area is 150 Å². The summed E-state index contributed by atoms with van der Waals surface area (Å²) in [7, 11) is 0. The lowest BCUT2D eigenvalue weighted by molar-refractivity contribution is 0.00938. The summed E-state index contributed by atoms with van der Waals surface area (Å²) in [5.41, 5.74) is 2.21. The van der Waals surface area contributed by atoms with Gasteiger partial charge in [-0.3, -0.25) is 4.79 Å². The van der Waals surface area contributed by atoms with Crippen molar-refractivity contribution in [2.24, 2.45) is 11.3 Å². The lowest BCUT2D eigenvalue weighted by atomic mass is 9.76. The van der Waals surface area contributed by atoms with Crippen LogP contribution in [0.4, 0.5) is 0 Å². The number of hydrogen-bond acceptors (Lipinski definition) is 3. The van der Waals surface area contributed by atoms with Gasteiger partial charge in [0.25, 0.3) is 5.91 Å². The van der Waals surface area contributed by atoms with Crippen LogP contribution >= 0.6 is 0 Å². The van der Waals surface area contributed by atoms with Gasteiger partial charge < -0.3 is 14.4 Å². The van der Waals surface area contributed by atoms with Crippen LogP contribution in [0.2, 0.25) is 0 Å². The standard InChI is InChI=1S/C21H29NO3/c1-16-3-2-4-18(11-16)20(23)22-9-7-21(8-10-22)12-19(25-15-21)14-24-13-17-5-6-17/h2-4,11,17,19H,5-10,12-15H2,1H3. The minimum atomic E-state index is 0.168. The van der Waals surface area contributed by atoms with Crippen molar-refractivity contribution in [1.82, 2.24) is 4.90 Å². The van der Waals surface area contributed by atoms with Crippen LogP contribution in [0.1, 0.15) is 48.0 Å². The third kappa shape index (κ3) is 4.06. The molecule has 1 atom stereocenters. The Morgan fingerprint density at radius 3 is 2.80 bits per heavy atom. The van der Waals surface area contributed by atoms with Crippen LogP contribution in [0.3, 0.4) is 0 Å². The molecule has 2 saturated heterocycles. The van der Waals surface area contributed by atoms with Gasteiger partial charge in [-0.15, -0.1) is 0 Å². The Kier molecular flexibility index (Phi) is 4.83. The lowest BCUT2D eigenvalue weighted by Crippen LogP contribution is -2.43. The molecule has 25 heavy (non-hydrogen) atoms. The van der Waals surface area contributed by atoms with Gasteiger partial charge in [-0.25, -0.2) is 0 Å². The first-order valence-corrected chi connectivity index (χ1v) is 9.69. The molecule has 1 saturated carbocycles. The fourth-order valence-electron chi connectivity index (χ4n) is 4.15. The van der Waals surface area contributed by atoms with Crippen LogP contribution in [0.25, 0.3) is 0 Å². The maximum absolute atomic E-state index is 12.7. The molecule has 2 aliphatic heterocycles. The molecule has 4 nitrogen and oxygen atoms in total. The summed E-state index contributed by atoms with van der Waals surface area (Å²) in [5.74, 6) is 0.980. The molecule has 0 bridgehead atoms. The van der Waals surface area contributed by atoms with Crippen molar-refractivity contribution in [2.45, 2.75) is 45.1 Å². The Bertz CT molecular complexity index is 617. The summed E-state index contributed by atoms with van der Waals surface area (Å²) in [5, 5.41) is 0. The van der Waals surface area contributed by atoms with E-state index in [2.05, 4.69) is 0 Å². The normalized spacial score (nSPS) is 25.5. The number of carbonyl (C=O) groups excluding carboxylic acids is 1. The highest BCUT2D eigenvalue weighted by atomic mass is 16.5. The molecule has 1 unspecified atom stereocenters. The molecule has 0 N–H and O–H groups in total. The van der Waals surface area contributed by atoms with Gasteiger partial charge in [0.1, 0.15) is 0 Å². The second kappa shape index (κ2) is 7.08. The van der Waals surface area contributed by atoms with Gasteiger partial charge in [0.15, 0.2) is 0 Å². The van der Waals surface area contributed by atoms with Crippen molar-refractivity contribution >= 4 is 5.91 Å². The van der Waals surface area contributed by atoms with E-state index in [1.54, 1.807) is 0 Å². The Balaban J connectivity index is 1.27. The molecule has 136 valence electrons. The van der Waals surface area contributed by atoms with Gasteiger partial charge in [-0.2, -0.15) is 0 Å². The number of carbonyl (C=O) groups is 1. The molecular formula is C21H29NO3. The van der Waals surface area contributed by atoms with E-state index in [4.69, 9.17) is 9.47 Å². The monoisotopic (exact) mass is 343 g/mol. The van der Waals surface area contributed by atoms with Gasteiger partial charge >= 0.3 is 0 Å². The molecule has 4 heteroatoms. The summed E-state index contributed by atoms with van der Waals surface area (Å²) >= 11 is 0. The van der Waals surface area contributed by atoms with Crippen LogP contribution < -0.4 is 0 Å². The second-order valence-electron chi connectivity index (χ2n) is 8.28. The fraction of sp³-hybridized carbons (Fsp3) is 0.667. The quantitative estimate of drug-likeness (QED) is 0.822. The number of benzene rings is 1. The highest BCUT2D eigenvalue weighted by Crippen LogP contribution is 2.42. The number of aryl methyl sites for hydroxylation is 1. The third-order valence-electron chi connectivity index (χ3n) is 6.02. The minimum absolute atomic E-state index is 0.168. The maximum Gasteiger partial charge on any atom is 0.253 e. The van der Waals surface area contributed by atoms with Crippen molar-refractivity contribution in [3.63, 3.8) is 0 Å². The maximum atomic E-state index is 12.7. The third-order valence-corrected chi connectivity index (χ3v) is 6.02. The van der Waals surface area contributed by atoms with Crippen LogP contribution in [0, 0.1) is 18.3 Å². The summed E-state index contributed by atoms with van der Waals surface area (Å²) in [6.07, 6.45) is 6.09. The summed E-state index contributed by atoms with van der Waals surface area (Å²) < 4.78 is 11.8. The highest BCUT2D eigenvalue weighted by molar-refractivity contribution is 5.94. The van der Waals surface area contributed by atoms with Crippen LogP contribution in [-0.2, 0) is 9.47 Å². The number of ether oxygens (including phenoxy) is 2. The Morgan fingerprint density at radius 1 is 1.28 bits per heavy atom. The first kappa shape index (κ1) is 17.0. The number of hydrogen-bond donors (Lipinski definition) is 0. The van der Waals surface area contributed by atoms with E-state index in [9.17, 15) is 4.79 Å². The number of likely N-dealkylation sites (tertiary alicyclic amines) is 1. The summed E-state index contributed by atoms with van der Waals surface area (Å²) in [4.78, 5) is 14.7. The number of amides is 1. The van der Waals surface area contributed by atoms with Crippen LogP contribution in [-0.4, -0.2) is 49.8 Å². The fourth-order valence-corrected chi connectivity index (χ4v) is 4.15. The highest BCUT2D eigenvalue weighted by Gasteiger charge is 2.43. The van der Waals surface area contributed by atoms with Gasteiger partial charge in [0.05, 0.1) is 19.3 Å². The zero-order valence-electron chi connectivity index (χ0n) is 15.2. The van der Waals surface area contributed by atoms with Crippen molar-refractivity contribution in [3.05, 3.63) is 35.4 Å². The largest absolute Gasteiger partial charge is 0.378 e. The van der Waals surface area contributed by atoms with Crippen LogP contribution in [0.15, 0.2) is 24.3 Å². The van der Waals surface area contributed by atoms with E-state index in [1.807, 2.05) is 36.1 Å². The zero-order chi connectivity index (χ0) is 17.3. The second-order valence-corrected chi connectivity index (χ2v) is 8.28. The molecule has 1 aromatic carbocycles. The van der Waals surface area contributed by atoms with Gasteiger partial charge in [0, 0.05) is 25.3 Å². The van der Waals surface area contributed by atoms with Gasteiger partial charge in [-0.1, -0.05) is 17.7 Å². The molecule has 1 aromatic rings. The lowest BCUT2D eigenvalue weighted by Gasteiger charge is -2.38. The molecule has 0 aromatic heterocycles. The molecule has 1 aliphatic carbocycles. The molecular weight excluding hydrogens is 314 g/mol. The van der Waals surface area contributed by atoms with E-state index in [-0.39, 0.29) is 17.4 Å². The molecule has 4 rings (SSSR count). The van der Waals surface area contributed by atoms with Crippen molar-refractivity contribution in [1.29, 1.82) is 0 Å². The van der Waals surface area contributed by atoms with Crippen molar-refractivity contribution in [2.75, 3.05) is 32.9 Å². The topological polar surface area (TPSA) is 38.8 Å². The van der Waals surface area contributed by atoms with Crippen molar-refractivity contribution in [3.8, 4) is 0 Å². The minimum Gasteiger partial charge on any atom is -0.378 e. The molecule has 2 heterocycles. The average Bonchev–Trinajstić information content (AvgIpc) is 3.36. The Morgan fingerprint density at radius 2 is 2.08 bits per heavy atom. The summed E-state index contributed by atoms with van der Waals surface area (Å²) in [6, 6.07) is 7.90. The SMILES string of the molecule is Cc1cccc(C(=O)N2CCC3(CC2)COC(COCC2CC2)C3)c1. The number of piperidine rings is 1. The van der Waals surface area contributed by atoms with Gasteiger partial charge in [-0.05, 0) is 62.5 Å². The van der Waals surface area contributed by atoms with Gasteiger partial charge in [0.2, 0.25) is 0 Å². The molecule has 3 fully saturated rings. The molecule has 1 amide bonds. The van der Waals surface area contributed by atoms with E-state index in [0.717, 1.165) is 69.2 Å². The predicted octanol–water partition coefficient (Wildman–Crippen LogP) is 3.43. The first-order chi connectivity index (χ1) is 12.1. The first-order valence-electron chi connectivity index (χ1n) is 9.69. The van der Waals surface area contributed by atoms with E-state index >= 15 is 0 Å². The molecule has 3 aliphatic rings. The van der Waals surface area contributed by atoms with Crippen molar-refractivity contribution < 1.29 is 14.3 Å². The average molecular weight is 343 g/mol. The zero-order valence-corrected chi connectivity index (χ0v) is 15.2.